The van der Waals surface area contributed by atoms with Crippen LogP contribution in [-0.4, -0.2) is 6.61 Å². The molecule has 0 saturated carbocycles. The fourth-order valence-corrected chi connectivity index (χ4v) is 2.17. The first-order valence-corrected chi connectivity index (χ1v) is 7.60. The standard InChI is InChI=1S/C16H16BrFO2/c1-2-9-19-15-5-3-4-6-16(15)20-14-8-7-13(18)10-12(14)11-17/h3-8,10H,2,9,11H2,1H3. The number of alkyl halides is 1. The molecule has 0 N–H and O–H groups in total. The third-order valence-corrected chi connectivity index (χ3v) is 3.30. The Morgan fingerprint density at radius 3 is 2.50 bits per heavy atom. The second-order valence-electron chi connectivity index (χ2n) is 4.28. The number of rotatable bonds is 6. The molecule has 2 aromatic carbocycles. The number of hydrogen-bond donors (Lipinski definition) is 0. The smallest absolute Gasteiger partial charge is 0.169 e. The number of halogens is 2. The molecule has 0 saturated heterocycles. The lowest BCUT2D eigenvalue weighted by Gasteiger charge is -2.13. The quantitative estimate of drug-likeness (QED) is 0.665. The molecule has 0 radical (unpaired) electrons. The third kappa shape index (κ3) is 3.73. The van der Waals surface area contributed by atoms with E-state index in [1.807, 2.05) is 31.2 Å². The van der Waals surface area contributed by atoms with E-state index in [4.69, 9.17) is 9.47 Å². The Kier molecular flexibility index (Phi) is 5.41. The summed E-state index contributed by atoms with van der Waals surface area (Å²) in [7, 11) is 0. The van der Waals surface area contributed by atoms with E-state index in [2.05, 4.69) is 15.9 Å². The van der Waals surface area contributed by atoms with Crippen LogP contribution in [-0.2, 0) is 5.33 Å². The molecule has 0 aliphatic carbocycles. The zero-order valence-electron chi connectivity index (χ0n) is 11.2. The Hall–Kier alpha value is -1.55. The third-order valence-electron chi connectivity index (χ3n) is 2.70. The van der Waals surface area contributed by atoms with Crippen molar-refractivity contribution in [3.05, 3.63) is 53.8 Å². The molecule has 0 fully saturated rings. The zero-order chi connectivity index (χ0) is 14.4. The Morgan fingerprint density at radius 1 is 1.05 bits per heavy atom. The first-order valence-electron chi connectivity index (χ1n) is 6.48. The van der Waals surface area contributed by atoms with Crippen LogP contribution in [0.4, 0.5) is 4.39 Å². The van der Waals surface area contributed by atoms with Crippen molar-refractivity contribution >= 4 is 15.9 Å². The van der Waals surface area contributed by atoms with Gasteiger partial charge in [0.1, 0.15) is 11.6 Å². The fourth-order valence-electron chi connectivity index (χ4n) is 1.74. The number of hydrogen-bond acceptors (Lipinski definition) is 2. The Balaban J connectivity index is 2.25. The van der Waals surface area contributed by atoms with Gasteiger partial charge in [0, 0.05) is 10.9 Å². The van der Waals surface area contributed by atoms with E-state index in [9.17, 15) is 4.39 Å². The van der Waals surface area contributed by atoms with Crippen LogP contribution in [0, 0.1) is 5.82 Å². The number of ether oxygens (including phenoxy) is 2. The summed E-state index contributed by atoms with van der Waals surface area (Å²) in [5.74, 6) is 1.67. The summed E-state index contributed by atoms with van der Waals surface area (Å²) in [6.45, 7) is 2.68. The summed E-state index contributed by atoms with van der Waals surface area (Å²) < 4.78 is 24.7. The minimum atomic E-state index is -0.276. The predicted octanol–water partition coefficient (Wildman–Crippen LogP) is 5.30. The maximum absolute atomic E-state index is 13.2. The summed E-state index contributed by atoms with van der Waals surface area (Å²) in [5, 5.41) is 0.526. The molecule has 0 heterocycles. The van der Waals surface area contributed by atoms with Crippen LogP contribution in [0.25, 0.3) is 0 Å². The summed E-state index contributed by atoms with van der Waals surface area (Å²) in [4.78, 5) is 0. The Bertz CT molecular complexity index is 572. The van der Waals surface area contributed by atoms with Gasteiger partial charge in [0.25, 0.3) is 0 Å². The first-order chi connectivity index (χ1) is 9.74. The highest BCUT2D eigenvalue weighted by atomic mass is 79.9. The van der Waals surface area contributed by atoms with E-state index in [-0.39, 0.29) is 5.82 Å². The predicted molar refractivity (Wildman–Crippen MR) is 81.3 cm³/mol. The normalized spacial score (nSPS) is 10.3. The second kappa shape index (κ2) is 7.29. The van der Waals surface area contributed by atoms with E-state index in [1.165, 1.54) is 12.1 Å². The van der Waals surface area contributed by atoms with Gasteiger partial charge in [0.15, 0.2) is 11.5 Å². The molecule has 0 aromatic heterocycles. The van der Waals surface area contributed by atoms with Crippen molar-refractivity contribution in [1.29, 1.82) is 0 Å². The topological polar surface area (TPSA) is 18.5 Å². The highest BCUT2D eigenvalue weighted by molar-refractivity contribution is 9.08. The number of para-hydroxylation sites is 2. The summed E-state index contributed by atoms with van der Waals surface area (Å²) >= 11 is 3.34. The molecule has 0 amide bonds. The van der Waals surface area contributed by atoms with Gasteiger partial charge in [-0.05, 0) is 36.8 Å². The molecule has 0 spiro atoms. The van der Waals surface area contributed by atoms with Gasteiger partial charge in [-0.3, -0.25) is 0 Å². The average molecular weight is 339 g/mol. The molecule has 106 valence electrons. The van der Waals surface area contributed by atoms with E-state index in [1.54, 1.807) is 6.07 Å². The van der Waals surface area contributed by atoms with Gasteiger partial charge in [-0.15, -0.1) is 0 Å². The van der Waals surface area contributed by atoms with Crippen LogP contribution < -0.4 is 9.47 Å². The molecule has 2 nitrogen and oxygen atoms in total. The molecule has 4 heteroatoms. The molecule has 2 aromatic rings. The van der Waals surface area contributed by atoms with E-state index >= 15 is 0 Å². The maximum atomic E-state index is 13.2. The van der Waals surface area contributed by atoms with E-state index < -0.39 is 0 Å². The maximum Gasteiger partial charge on any atom is 0.169 e. The van der Waals surface area contributed by atoms with Crippen LogP contribution in [0.5, 0.6) is 17.2 Å². The van der Waals surface area contributed by atoms with Crippen molar-refractivity contribution < 1.29 is 13.9 Å². The molecule has 0 unspecified atom stereocenters. The van der Waals surface area contributed by atoms with Gasteiger partial charge >= 0.3 is 0 Å². The zero-order valence-corrected chi connectivity index (χ0v) is 12.8. The lowest BCUT2D eigenvalue weighted by molar-refractivity contribution is 0.302. The van der Waals surface area contributed by atoms with Gasteiger partial charge in [0.2, 0.25) is 0 Å². The van der Waals surface area contributed by atoms with Crippen molar-refractivity contribution in [3.8, 4) is 17.2 Å². The van der Waals surface area contributed by atoms with Crippen molar-refractivity contribution in [2.24, 2.45) is 0 Å². The highest BCUT2D eigenvalue weighted by Crippen LogP contribution is 2.34. The largest absolute Gasteiger partial charge is 0.490 e. The van der Waals surface area contributed by atoms with Crippen LogP contribution in [0.2, 0.25) is 0 Å². The summed E-state index contributed by atoms with van der Waals surface area (Å²) in [6.07, 6.45) is 0.928. The van der Waals surface area contributed by atoms with E-state index in [0.29, 0.717) is 29.2 Å². The lowest BCUT2D eigenvalue weighted by Crippen LogP contribution is -1.98. The number of benzene rings is 2. The van der Waals surface area contributed by atoms with Gasteiger partial charge in [-0.2, -0.15) is 0 Å². The van der Waals surface area contributed by atoms with Crippen LogP contribution in [0.15, 0.2) is 42.5 Å². The monoisotopic (exact) mass is 338 g/mol. The Labute approximate surface area is 126 Å². The van der Waals surface area contributed by atoms with Crippen LogP contribution in [0.1, 0.15) is 18.9 Å². The van der Waals surface area contributed by atoms with Crippen LogP contribution in [0.3, 0.4) is 0 Å². The highest BCUT2D eigenvalue weighted by Gasteiger charge is 2.09. The van der Waals surface area contributed by atoms with Gasteiger partial charge < -0.3 is 9.47 Å². The Morgan fingerprint density at radius 2 is 1.80 bits per heavy atom. The van der Waals surface area contributed by atoms with Crippen molar-refractivity contribution in [2.75, 3.05) is 6.61 Å². The van der Waals surface area contributed by atoms with Crippen molar-refractivity contribution in [3.63, 3.8) is 0 Å². The van der Waals surface area contributed by atoms with E-state index in [0.717, 1.165) is 12.0 Å². The van der Waals surface area contributed by atoms with Gasteiger partial charge in [-0.1, -0.05) is 35.0 Å². The average Bonchev–Trinajstić information content (AvgIpc) is 2.48. The molecule has 0 atom stereocenters. The molecule has 0 aliphatic heterocycles. The SMILES string of the molecule is CCCOc1ccccc1Oc1ccc(F)cc1CBr. The fraction of sp³-hybridized carbons (Fsp3) is 0.250. The van der Waals surface area contributed by atoms with Crippen LogP contribution >= 0.6 is 15.9 Å². The van der Waals surface area contributed by atoms with Crippen molar-refractivity contribution in [2.45, 2.75) is 18.7 Å². The second-order valence-corrected chi connectivity index (χ2v) is 4.84. The molecular formula is C16H16BrFO2. The molecular weight excluding hydrogens is 323 g/mol. The molecule has 0 aliphatic rings. The molecule has 0 bridgehead atoms. The summed E-state index contributed by atoms with van der Waals surface area (Å²) in [6, 6.07) is 12.0. The molecule has 2 rings (SSSR count). The first kappa shape index (κ1) is 14.9. The van der Waals surface area contributed by atoms with Crippen molar-refractivity contribution in [1.82, 2.24) is 0 Å². The molecule has 20 heavy (non-hydrogen) atoms. The summed E-state index contributed by atoms with van der Waals surface area (Å²) in [5.41, 5.74) is 0.760. The van der Waals surface area contributed by atoms with Gasteiger partial charge in [0.05, 0.1) is 6.61 Å². The lowest BCUT2D eigenvalue weighted by atomic mass is 10.2. The minimum Gasteiger partial charge on any atom is -0.490 e. The van der Waals surface area contributed by atoms with Gasteiger partial charge in [-0.25, -0.2) is 4.39 Å². The minimum absolute atomic E-state index is 0.276.